The average molecular weight is 732 g/mol. The molecule has 1 amide bonds. The van der Waals surface area contributed by atoms with Crippen molar-refractivity contribution in [3.05, 3.63) is 132 Å². The van der Waals surface area contributed by atoms with Crippen LogP contribution >= 0.6 is 45.2 Å². The van der Waals surface area contributed by atoms with E-state index in [1.54, 1.807) is 72.8 Å². The van der Waals surface area contributed by atoms with Crippen LogP contribution in [-0.2, 0) is 17.0 Å². The van der Waals surface area contributed by atoms with Gasteiger partial charge in [-0.15, -0.1) is 0 Å². The third-order valence-corrected chi connectivity index (χ3v) is 7.30. The van der Waals surface area contributed by atoms with Gasteiger partial charge in [-0.3, -0.25) is 4.79 Å². The third-order valence-electron chi connectivity index (χ3n) is 5.70. The molecule has 0 bridgehead atoms. The quantitative estimate of drug-likeness (QED) is 0.119. The molecule has 4 aromatic rings. The van der Waals surface area contributed by atoms with Gasteiger partial charge in [0.15, 0.2) is 5.60 Å². The summed E-state index contributed by atoms with van der Waals surface area (Å²) in [5.41, 5.74) is 3.24. The lowest BCUT2D eigenvalue weighted by atomic mass is 9.85. The first-order chi connectivity index (χ1) is 18.3. The van der Waals surface area contributed by atoms with Crippen molar-refractivity contribution in [3.8, 4) is 5.75 Å². The van der Waals surface area contributed by atoms with Crippen LogP contribution in [0.5, 0.6) is 5.75 Å². The highest BCUT2D eigenvalue weighted by Gasteiger charge is 2.39. The summed E-state index contributed by atoms with van der Waals surface area (Å²) in [7, 11) is 0. The average Bonchev–Trinajstić information content (AvgIpc) is 2.93. The maximum atomic E-state index is 13.2. The second-order valence-electron chi connectivity index (χ2n) is 8.25. The van der Waals surface area contributed by atoms with Gasteiger partial charge in [0, 0.05) is 0 Å². The van der Waals surface area contributed by atoms with Crippen LogP contribution in [-0.4, -0.2) is 28.3 Å². The van der Waals surface area contributed by atoms with E-state index in [2.05, 4.69) is 55.7 Å². The fourth-order valence-corrected chi connectivity index (χ4v) is 5.85. The summed E-state index contributed by atoms with van der Waals surface area (Å²) in [6, 6.07) is 27.7. The summed E-state index contributed by atoms with van der Waals surface area (Å²) >= 11 is 4.33. The van der Waals surface area contributed by atoms with Crippen molar-refractivity contribution in [1.82, 2.24) is 5.43 Å². The lowest BCUT2D eigenvalue weighted by Crippen LogP contribution is -2.43. The van der Waals surface area contributed by atoms with Gasteiger partial charge >= 0.3 is 5.97 Å². The Morgan fingerprint density at radius 2 is 1.39 bits per heavy atom. The summed E-state index contributed by atoms with van der Waals surface area (Å²) in [5, 5.41) is 24.7. The second-order valence-corrected chi connectivity index (χ2v) is 10.6. The predicted octanol–water partition coefficient (Wildman–Crippen LogP) is 5.56. The van der Waals surface area contributed by atoms with Crippen LogP contribution in [0.3, 0.4) is 0 Å². The van der Waals surface area contributed by atoms with Gasteiger partial charge in [-0.2, -0.15) is 5.10 Å². The first kappa shape index (κ1) is 27.7. The fraction of sp³-hybridized carbons (Fsp3) is 0.0690. The molecule has 0 aromatic heterocycles. The molecule has 0 fully saturated rings. The molecule has 0 heterocycles. The molecule has 192 valence electrons. The Bertz CT molecular complexity index is 1400. The minimum atomic E-state index is -1.91. The summed E-state index contributed by atoms with van der Waals surface area (Å²) < 4.78 is 7.67. The molecule has 9 heteroatoms. The molecule has 4 rings (SSSR count). The van der Waals surface area contributed by atoms with Gasteiger partial charge in [0.2, 0.25) is 0 Å². The maximum absolute atomic E-state index is 13.2. The van der Waals surface area contributed by atoms with Gasteiger partial charge in [0.25, 0.3) is 5.91 Å². The highest BCUT2D eigenvalue weighted by molar-refractivity contribution is 14.1. The first-order valence-electron chi connectivity index (χ1n) is 11.4. The van der Waals surface area contributed by atoms with Crippen molar-refractivity contribution >= 4 is 63.3 Å². The molecule has 0 atom stereocenters. The SMILES string of the molecule is O=C(O)c1ccc(COc2c(I)cc(C=NNC(=O)C(O)(c3ccccc3)c3ccccc3)cc2I)cc1. The number of hydrogen-bond donors (Lipinski definition) is 3. The normalized spacial score (nSPS) is 11.3. The number of aromatic carboxylic acids is 1. The monoisotopic (exact) mass is 732 g/mol. The first-order valence-corrected chi connectivity index (χ1v) is 13.6. The van der Waals surface area contributed by atoms with Crippen LogP contribution in [0.2, 0.25) is 0 Å². The number of amides is 1. The Balaban J connectivity index is 1.47. The molecular weight excluding hydrogens is 710 g/mol. The predicted molar refractivity (Wildman–Crippen MR) is 161 cm³/mol. The zero-order valence-electron chi connectivity index (χ0n) is 19.8. The smallest absolute Gasteiger partial charge is 0.335 e. The topological polar surface area (TPSA) is 108 Å². The van der Waals surface area contributed by atoms with E-state index in [0.717, 1.165) is 18.3 Å². The highest BCUT2D eigenvalue weighted by Crippen LogP contribution is 2.31. The summed E-state index contributed by atoms with van der Waals surface area (Å²) in [6.45, 7) is 0.285. The number of ether oxygens (including phenoxy) is 1. The maximum Gasteiger partial charge on any atom is 0.335 e. The highest BCUT2D eigenvalue weighted by atomic mass is 127. The zero-order chi connectivity index (χ0) is 27.1. The van der Waals surface area contributed by atoms with Crippen LogP contribution in [0.25, 0.3) is 0 Å². The van der Waals surface area contributed by atoms with Gasteiger partial charge < -0.3 is 14.9 Å². The van der Waals surface area contributed by atoms with Crippen LogP contribution < -0.4 is 10.2 Å². The molecule has 4 aromatic carbocycles. The number of hydrogen-bond acceptors (Lipinski definition) is 5. The number of hydrazone groups is 1. The van der Waals surface area contributed by atoms with E-state index in [1.165, 1.54) is 6.21 Å². The number of rotatable bonds is 9. The van der Waals surface area contributed by atoms with Crippen molar-refractivity contribution in [2.45, 2.75) is 12.2 Å². The van der Waals surface area contributed by atoms with Crippen LogP contribution in [0, 0.1) is 7.14 Å². The summed E-state index contributed by atoms with van der Waals surface area (Å²) in [4.78, 5) is 24.2. The van der Waals surface area contributed by atoms with Crippen molar-refractivity contribution in [2.24, 2.45) is 5.10 Å². The number of carbonyl (C=O) groups is 2. The molecule has 0 radical (unpaired) electrons. The van der Waals surface area contributed by atoms with E-state index in [1.807, 2.05) is 24.3 Å². The molecule has 0 aliphatic rings. The Hall–Kier alpha value is -3.29. The number of carboxylic acid groups (broad SMARTS) is 1. The standard InChI is InChI=1S/C29H22I2N2O5/c30-24-15-20(16-25(31)26(24)38-18-19-11-13-21(14-12-19)27(34)35)17-32-33-28(36)29(37,22-7-3-1-4-8-22)23-9-5-2-6-10-23/h1-17,37H,18H2,(H,33,36)(H,34,35). The summed E-state index contributed by atoms with van der Waals surface area (Å²) in [6.07, 6.45) is 1.51. The van der Waals surface area contributed by atoms with Gasteiger partial charge in [-0.05, 0) is 91.7 Å². The van der Waals surface area contributed by atoms with Crippen molar-refractivity contribution in [1.29, 1.82) is 0 Å². The van der Waals surface area contributed by atoms with Crippen molar-refractivity contribution < 1.29 is 24.5 Å². The molecule has 38 heavy (non-hydrogen) atoms. The molecule has 0 saturated heterocycles. The van der Waals surface area contributed by atoms with Gasteiger partial charge in [-0.1, -0.05) is 72.8 Å². The largest absolute Gasteiger partial charge is 0.487 e. The number of carboxylic acids is 1. The molecule has 0 aliphatic heterocycles. The number of halogens is 2. The van der Waals surface area contributed by atoms with Crippen molar-refractivity contribution in [2.75, 3.05) is 0 Å². The van der Waals surface area contributed by atoms with Crippen LogP contribution in [0.15, 0.2) is 102 Å². The Labute approximate surface area is 246 Å². The van der Waals surface area contributed by atoms with Crippen molar-refractivity contribution in [3.63, 3.8) is 0 Å². The Kier molecular flexibility index (Phi) is 9.13. The lowest BCUT2D eigenvalue weighted by Gasteiger charge is -2.27. The van der Waals surface area contributed by atoms with Gasteiger partial charge in [-0.25, -0.2) is 10.2 Å². The van der Waals surface area contributed by atoms with E-state index in [0.29, 0.717) is 16.9 Å². The zero-order valence-corrected chi connectivity index (χ0v) is 24.2. The molecule has 0 saturated carbocycles. The number of aliphatic hydroxyl groups is 1. The number of benzene rings is 4. The molecule has 7 nitrogen and oxygen atoms in total. The lowest BCUT2D eigenvalue weighted by molar-refractivity contribution is -0.136. The second kappa shape index (κ2) is 12.5. The Morgan fingerprint density at radius 1 is 0.868 bits per heavy atom. The van der Waals surface area contributed by atoms with E-state index in [4.69, 9.17) is 9.84 Å². The van der Waals surface area contributed by atoms with E-state index in [9.17, 15) is 14.7 Å². The van der Waals surface area contributed by atoms with Crippen LogP contribution in [0.4, 0.5) is 0 Å². The fourth-order valence-electron chi connectivity index (χ4n) is 3.72. The van der Waals surface area contributed by atoms with E-state index >= 15 is 0 Å². The molecule has 0 spiro atoms. The third kappa shape index (κ3) is 6.40. The van der Waals surface area contributed by atoms with Crippen LogP contribution in [0.1, 0.15) is 32.6 Å². The minimum Gasteiger partial charge on any atom is -0.487 e. The molecule has 0 aliphatic carbocycles. The van der Waals surface area contributed by atoms with E-state index in [-0.39, 0.29) is 12.2 Å². The summed E-state index contributed by atoms with van der Waals surface area (Å²) in [5.74, 6) is -0.957. The van der Waals surface area contributed by atoms with Gasteiger partial charge in [0.05, 0.1) is 18.9 Å². The van der Waals surface area contributed by atoms with Gasteiger partial charge in [0.1, 0.15) is 12.4 Å². The Morgan fingerprint density at radius 3 is 1.89 bits per heavy atom. The number of nitrogens with zero attached hydrogens (tertiary/aromatic N) is 1. The number of nitrogens with one attached hydrogen (secondary N) is 1. The molecular formula is C29H22I2N2O5. The number of carbonyl (C=O) groups excluding carboxylic acids is 1. The van der Waals surface area contributed by atoms with E-state index < -0.39 is 17.5 Å². The molecule has 3 N–H and O–H groups in total. The minimum absolute atomic E-state index is 0.222. The molecule has 0 unspecified atom stereocenters.